The lowest BCUT2D eigenvalue weighted by Crippen LogP contribution is -2.49. The van der Waals surface area contributed by atoms with Crippen molar-refractivity contribution in [3.05, 3.63) is 59.2 Å². The van der Waals surface area contributed by atoms with Gasteiger partial charge in [-0.1, -0.05) is 36.4 Å². The van der Waals surface area contributed by atoms with E-state index in [-0.39, 0.29) is 24.2 Å². The lowest BCUT2D eigenvalue weighted by atomic mass is 10.0. The molecule has 2 saturated heterocycles. The number of morpholine rings is 2. The second-order valence-electron chi connectivity index (χ2n) is 9.13. The third-order valence-electron chi connectivity index (χ3n) is 6.81. The van der Waals surface area contributed by atoms with Gasteiger partial charge in [-0.3, -0.25) is 20.2 Å². The van der Waals surface area contributed by atoms with E-state index in [1.165, 1.54) is 5.56 Å². The summed E-state index contributed by atoms with van der Waals surface area (Å²) in [6.45, 7) is 6.64. The van der Waals surface area contributed by atoms with E-state index in [9.17, 15) is 9.59 Å². The number of nitrogens with one attached hydrogen (secondary N) is 3. The lowest BCUT2D eigenvalue weighted by molar-refractivity contribution is 0.0207. The maximum atomic E-state index is 13.6. The van der Waals surface area contributed by atoms with Crippen LogP contribution in [0.3, 0.4) is 0 Å². The molecule has 0 bridgehead atoms. The van der Waals surface area contributed by atoms with Gasteiger partial charge in [-0.05, 0) is 11.6 Å². The van der Waals surface area contributed by atoms with Crippen molar-refractivity contribution in [2.24, 2.45) is 0 Å². The van der Waals surface area contributed by atoms with Crippen LogP contribution in [0.2, 0.25) is 0 Å². The van der Waals surface area contributed by atoms with E-state index >= 15 is 0 Å². The van der Waals surface area contributed by atoms with Gasteiger partial charge in [0.2, 0.25) is 0 Å². The van der Waals surface area contributed by atoms with Gasteiger partial charge in [-0.25, -0.2) is 9.80 Å². The molecule has 194 valence electrons. The van der Waals surface area contributed by atoms with Crippen LogP contribution in [-0.4, -0.2) is 84.5 Å². The molecule has 6 rings (SSSR count). The van der Waals surface area contributed by atoms with Crippen LogP contribution in [0.1, 0.15) is 21.5 Å². The normalized spacial score (nSPS) is 17.6. The number of aromatic amines is 1. The fourth-order valence-corrected chi connectivity index (χ4v) is 4.96. The average molecular weight is 525 g/mol. The van der Waals surface area contributed by atoms with Gasteiger partial charge in [0.1, 0.15) is 5.69 Å². The van der Waals surface area contributed by atoms with Crippen molar-refractivity contribution in [3.63, 3.8) is 0 Å². The fraction of sp³-hybridized carbons (Fsp3) is 0.346. The average Bonchev–Trinajstić information content (AvgIpc) is 3.46. The Morgan fingerprint density at radius 3 is 2.38 bits per heavy atom. The number of halogens is 1. The molecule has 0 atom stereocenters. The molecule has 2 aliphatic heterocycles. The zero-order valence-electron chi connectivity index (χ0n) is 20.3. The molecule has 2 amide bonds. The molecule has 2 fully saturated rings. The standard InChI is InChI=1S/C26H28N6O4.ClH/c33-25-21-19(2-1-3-20(21)27-26(34)30-32-10-14-36-15-11-32)24-22(25)23(28-29-24)18-6-4-17(5-7-18)16-31-8-12-35-13-9-31;/h1-7H,8-16H2,(H,28,29)(H2,27,30,34);1H. The summed E-state index contributed by atoms with van der Waals surface area (Å²) in [7, 11) is 0. The molecule has 3 aliphatic rings. The Hall–Kier alpha value is -3.28. The fourth-order valence-electron chi connectivity index (χ4n) is 4.96. The lowest BCUT2D eigenvalue weighted by Gasteiger charge is -2.27. The smallest absolute Gasteiger partial charge is 0.333 e. The molecular weight excluding hydrogens is 496 g/mol. The number of carbonyl (C=O) groups excluding carboxylic acids is 2. The minimum absolute atomic E-state index is 0. The molecule has 0 spiro atoms. The van der Waals surface area contributed by atoms with Crippen molar-refractivity contribution in [1.82, 2.24) is 25.5 Å². The Kier molecular flexibility index (Phi) is 7.54. The number of fused-ring (bicyclic) bond motifs is 3. The van der Waals surface area contributed by atoms with Crippen molar-refractivity contribution < 1.29 is 19.1 Å². The number of nitrogens with zero attached hydrogens (tertiary/aromatic N) is 3. The number of rotatable bonds is 5. The SMILES string of the molecule is Cl.O=C(Nc1cccc2c1C(=O)c1c(-c3ccc(CN4CCOCC4)cc3)n[nH]c1-2)NN1CCOCC1. The van der Waals surface area contributed by atoms with Crippen LogP contribution in [-0.2, 0) is 16.0 Å². The number of anilines is 1. The number of urea groups is 1. The molecule has 2 aromatic carbocycles. The molecule has 1 aromatic heterocycles. The molecule has 3 aromatic rings. The van der Waals surface area contributed by atoms with Crippen LogP contribution in [0.5, 0.6) is 0 Å². The Bertz CT molecular complexity index is 1280. The minimum Gasteiger partial charge on any atom is -0.379 e. The number of aromatic nitrogens is 2. The Balaban J connectivity index is 0.00000280. The molecular formula is C26H29ClN6O4. The van der Waals surface area contributed by atoms with E-state index in [4.69, 9.17) is 9.47 Å². The summed E-state index contributed by atoms with van der Waals surface area (Å²) in [5, 5.41) is 12.2. The van der Waals surface area contributed by atoms with Gasteiger partial charge >= 0.3 is 6.03 Å². The van der Waals surface area contributed by atoms with E-state index in [2.05, 4.69) is 38.0 Å². The van der Waals surface area contributed by atoms with Crippen LogP contribution >= 0.6 is 12.4 Å². The van der Waals surface area contributed by atoms with Crippen molar-refractivity contribution in [2.45, 2.75) is 6.54 Å². The summed E-state index contributed by atoms with van der Waals surface area (Å²) in [6.07, 6.45) is 0. The van der Waals surface area contributed by atoms with Gasteiger partial charge in [0.05, 0.1) is 48.9 Å². The van der Waals surface area contributed by atoms with E-state index in [0.717, 1.165) is 44.0 Å². The zero-order valence-corrected chi connectivity index (χ0v) is 21.1. The van der Waals surface area contributed by atoms with Crippen LogP contribution in [0.4, 0.5) is 10.5 Å². The van der Waals surface area contributed by atoms with Crippen molar-refractivity contribution >= 4 is 29.9 Å². The van der Waals surface area contributed by atoms with E-state index in [1.807, 2.05) is 24.3 Å². The number of hydrogen-bond donors (Lipinski definition) is 3. The van der Waals surface area contributed by atoms with Gasteiger partial charge in [-0.15, -0.1) is 12.4 Å². The summed E-state index contributed by atoms with van der Waals surface area (Å²) < 4.78 is 10.7. The molecule has 3 N–H and O–H groups in total. The number of H-pyrrole nitrogens is 1. The van der Waals surface area contributed by atoms with Crippen LogP contribution < -0.4 is 10.7 Å². The molecule has 0 unspecified atom stereocenters. The maximum absolute atomic E-state index is 13.6. The van der Waals surface area contributed by atoms with Crippen LogP contribution in [0.25, 0.3) is 22.5 Å². The van der Waals surface area contributed by atoms with Crippen molar-refractivity contribution in [2.75, 3.05) is 57.9 Å². The Morgan fingerprint density at radius 2 is 1.65 bits per heavy atom. The number of hydrazine groups is 1. The van der Waals surface area contributed by atoms with Crippen LogP contribution in [0, 0.1) is 0 Å². The molecule has 37 heavy (non-hydrogen) atoms. The first-order valence-electron chi connectivity index (χ1n) is 12.2. The predicted molar refractivity (Wildman–Crippen MR) is 141 cm³/mol. The number of amides is 2. The van der Waals surface area contributed by atoms with Crippen molar-refractivity contribution in [1.29, 1.82) is 0 Å². The summed E-state index contributed by atoms with van der Waals surface area (Å²) in [5.41, 5.74) is 8.42. The number of benzene rings is 2. The Labute approximate surface area is 220 Å². The van der Waals surface area contributed by atoms with Gasteiger partial charge < -0.3 is 14.8 Å². The first-order chi connectivity index (χ1) is 17.7. The molecule has 0 saturated carbocycles. The van der Waals surface area contributed by atoms with E-state index < -0.39 is 0 Å². The highest BCUT2D eigenvalue weighted by atomic mass is 35.5. The topological polar surface area (TPSA) is 112 Å². The quantitative estimate of drug-likeness (QED) is 0.368. The van der Waals surface area contributed by atoms with E-state index in [0.29, 0.717) is 54.5 Å². The highest BCUT2D eigenvalue weighted by Crippen LogP contribution is 2.42. The zero-order chi connectivity index (χ0) is 24.5. The van der Waals surface area contributed by atoms with Crippen molar-refractivity contribution in [3.8, 4) is 22.5 Å². The largest absolute Gasteiger partial charge is 0.379 e. The van der Waals surface area contributed by atoms with Gasteiger partial charge in [0, 0.05) is 43.9 Å². The molecule has 11 heteroatoms. The maximum Gasteiger partial charge on any atom is 0.333 e. The van der Waals surface area contributed by atoms with E-state index in [1.54, 1.807) is 11.1 Å². The third-order valence-corrected chi connectivity index (χ3v) is 6.81. The highest BCUT2D eigenvalue weighted by Gasteiger charge is 2.35. The van der Waals surface area contributed by atoms with Gasteiger partial charge in [-0.2, -0.15) is 5.10 Å². The second kappa shape index (κ2) is 11.0. The predicted octanol–water partition coefficient (Wildman–Crippen LogP) is 2.91. The third kappa shape index (κ3) is 5.11. The van der Waals surface area contributed by atoms with Gasteiger partial charge in [0.25, 0.3) is 0 Å². The number of hydrogen-bond acceptors (Lipinski definition) is 7. The number of ketones is 1. The molecule has 1 aliphatic carbocycles. The Morgan fingerprint density at radius 1 is 0.946 bits per heavy atom. The molecule has 3 heterocycles. The molecule has 0 radical (unpaired) electrons. The van der Waals surface area contributed by atoms with Crippen LogP contribution in [0.15, 0.2) is 42.5 Å². The minimum atomic E-state index is -0.386. The monoisotopic (exact) mass is 524 g/mol. The summed E-state index contributed by atoms with van der Waals surface area (Å²) >= 11 is 0. The summed E-state index contributed by atoms with van der Waals surface area (Å²) in [4.78, 5) is 28.6. The highest BCUT2D eigenvalue weighted by molar-refractivity contribution is 6.26. The summed E-state index contributed by atoms with van der Waals surface area (Å²) in [5.74, 6) is -0.150. The first-order valence-corrected chi connectivity index (χ1v) is 12.2. The first kappa shape index (κ1) is 25.4. The molecule has 10 nitrogen and oxygen atoms in total. The summed E-state index contributed by atoms with van der Waals surface area (Å²) in [6, 6.07) is 13.2. The number of ether oxygens (including phenoxy) is 2. The second-order valence-corrected chi connectivity index (χ2v) is 9.13. The van der Waals surface area contributed by atoms with Gasteiger partial charge in [0.15, 0.2) is 5.78 Å². The number of carbonyl (C=O) groups is 2.